The molecule has 0 bridgehead atoms. The lowest BCUT2D eigenvalue weighted by molar-refractivity contribution is -0.193. The van der Waals surface area contributed by atoms with Crippen molar-refractivity contribution in [2.24, 2.45) is 5.41 Å². The Labute approximate surface area is 216 Å². The van der Waals surface area contributed by atoms with E-state index in [9.17, 15) is 9.90 Å². The Morgan fingerprint density at radius 1 is 1.06 bits per heavy atom. The number of rotatable bonds is 6. The highest BCUT2D eigenvalue weighted by Crippen LogP contribution is 2.32. The van der Waals surface area contributed by atoms with Crippen LogP contribution in [0.4, 0.5) is 0 Å². The summed E-state index contributed by atoms with van der Waals surface area (Å²) in [6.45, 7) is 16.4. The van der Waals surface area contributed by atoms with Gasteiger partial charge in [0.15, 0.2) is 0 Å². The van der Waals surface area contributed by atoms with Gasteiger partial charge in [0.2, 0.25) is 5.91 Å². The summed E-state index contributed by atoms with van der Waals surface area (Å²) < 4.78 is 0. The molecule has 1 amide bonds. The molecule has 1 atom stereocenters. The van der Waals surface area contributed by atoms with Crippen molar-refractivity contribution in [3.63, 3.8) is 0 Å². The topological polar surface area (TPSA) is 109 Å². The second-order valence-corrected chi connectivity index (χ2v) is 11.7. The van der Waals surface area contributed by atoms with Crippen LogP contribution in [-0.4, -0.2) is 34.8 Å². The van der Waals surface area contributed by atoms with Gasteiger partial charge >= 0.3 is 12.3 Å². The molecule has 1 unspecified atom stereocenters. The maximum absolute atomic E-state index is 13.2. The Hall–Kier alpha value is -2.76. The quantitative estimate of drug-likeness (QED) is 0.512. The van der Waals surface area contributed by atoms with Gasteiger partial charge in [-0.15, -0.1) is 11.3 Å². The second kappa shape index (κ2) is 14.6. The van der Waals surface area contributed by atoms with Crippen molar-refractivity contribution in [3.8, 4) is 5.75 Å². The minimum absolute atomic E-state index is 0.0119. The minimum atomic E-state index is -0.0225. The molecule has 1 aromatic heterocycles. The molecular formula is C26H34ClNO6S. The van der Waals surface area contributed by atoms with E-state index in [0.29, 0.717) is 24.5 Å². The number of carbonyl (C=O) groups excluding carboxylic acids is 5. The van der Waals surface area contributed by atoms with E-state index in [1.165, 1.54) is 16.5 Å². The van der Waals surface area contributed by atoms with Crippen LogP contribution in [0.3, 0.4) is 0 Å². The fraction of sp³-hybridized carbons (Fsp3) is 0.500. The zero-order chi connectivity index (χ0) is 27.4. The lowest BCUT2D eigenvalue weighted by Gasteiger charge is -2.31. The number of thiophene rings is 1. The Bertz CT molecular complexity index is 1010. The first-order valence-electron chi connectivity index (χ1n) is 10.9. The largest absolute Gasteiger partial charge is 0.508 e. The SMILES string of the molecule is CC(CC(=O)N(Cc1csc(C(C)(C)C)c1)CC(C)(C)C)c1ccc(O)cc1Cl.O=C=O.O=C=O. The molecule has 1 heterocycles. The van der Waals surface area contributed by atoms with Gasteiger partial charge in [-0.05, 0) is 51.5 Å². The van der Waals surface area contributed by atoms with Gasteiger partial charge < -0.3 is 10.0 Å². The van der Waals surface area contributed by atoms with Crippen molar-refractivity contribution in [3.05, 3.63) is 50.7 Å². The average molecular weight is 524 g/mol. The highest BCUT2D eigenvalue weighted by atomic mass is 35.5. The van der Waals surface area contributed by atoms with Crippen LogP contribution in [0, 0.1) is 5.41 Å². The van der Waals surface area contributed by atoms with Crippen LogP contribution in [0.1, 0.15) is 76.8 Å². The molecule has 0 radical (unpaired) electrons. The van der Waals surface area contributed by atoms with E-state index in [2.05, 4.69) is 53.0 Å². The van der Waals surface area contributed by atoms with E-state index < -0.39 is 0 Å². The fourth-order valence-electron chi connectivity index (χ4n) is 3.29. The molecule has 0 aliphatic heterocycles. The lowest BCUT2D eigenvalue weighted by atomic mass is 9.93. The maximum Gasteiger partial charge on any atom is 0.373 e. The number of phenolic OH excluding ortho intramolecular Hbond substituents is 1. The third-order valence-electron chi connectivity index (χ3n) is 4.78. The van der Waals surface area contributed by atoms with Crippen LogP contribution < -0.4 is 0 Å². The number of amides is 1. The molecule has 0 aliphatic rings. The van der Waals surface area contributed by atoms with Crippen LogP contribution >= 0.6 is 22.9 Å². The normalized spacial score (nSPS) is 11.5. The summed E-state index contributed by atoms with van der Waals surface area (Å²) in [6, 6.07) is 7.19. The summed E-state index contributed by atoms with van der Waals surface area (Å²) in [5.41, 5.74) is 2.20. The van der Waals surface area contributed by atoms with Gasteiger partial charge in [-0.3, -0.25) is 4.79 Å². The van der Waals surface area contributed by atoms with Gasteiger partial charge in [-0.25, -0.2) is 0 Å². The van der Waals surface area contributed by atoms with Gasteiger partial charge in [0.1, 0.15) is 5.75 Å². The van der Waals surface area contributed by atoms with E-state index in [4.69, 9.17) is 30.8 Å². The molecule has 0 saturated heterocycles. The zero-order valence-electron chi connectivity index (χ0n) is 21.3. The Morgan fingerprint density at radius 3 is 2.03 bits per heavy atom. The molecule has 0 spiro atoms. The average Bonchev–Trinajstić information content (AvgIpc) is 3.16. The van der Waals surface area contributed by atoms with Crippen molar-refractivity contribution in [1.29, 1.82) is 0 Å². The van der Waals surface area contributed by atoms with Crippen LogP contribution in [-0.2, 0) is 35.9 Å². The third kappa shape index (κ3) is 12.5. The van der Waals surface area contributed by atoms with Gasteiger partial charge in [0, 0.05) is 29.4 Å². The van der Waals surface area contributed by atoms with Gasteiger partial charge in [0.05, 0.1) is 0 Å². The van der Waals surface area contributed by atoms with E-state index in [1.807, 2.05) is 11.8 Å². The first-order chi connectivity index (χ1) is 16.1. The molecule has 0 saturated carbocycles. The number of hydrogen-bond donors (Lipinski definition) is 1. The summed E-state index contributed by atoms with van der Waals surface area (Å²) in [6.07, 6.45) is 0.886. The Kier molecular flexibility index (Phi) is 13.4. The number of halogens is 1. The van der Waals surface area contributed by atoms with Gasteiger partial charge in [0.25, 0.3) is 0 Å². The standard InChI is InChI=1S/C24H34ClNO2S.2CO2/c1-16(19-9-8-18(27)12-20(19)25)10-22(28)26(15-23(2,3)4)13-17-11-21(29-14-17)24(5,6)7;2*2-1-3/h8-9,11-12,14,16,27H,10,13,15H2,1-7H3;;. The van der Waals surface area contributed by atoms with Crippen LogP contribution in [0.2, 0.25) is 5.02 Å². The summed E-state index contributed by atoms with van der Waals surface area (Å²) in [7, 11) is 0. The lowest BCUT2D eigenvalue weighted by Crippen LogP contribution is -2.37. The first-order valence-corrected chi connectivity index (χ1v) is 12.2. The number of benzene rings is 1. The summed E-state index contributed by atoms with van der Waals surface area (Å²) >= 11 is 8.05. The smallest absolute Gasteiger partial charge is 0.373 e. The van der Waals surface area contributed by atoms with Crippen molar-refractivity contribution in [2.75, 3.05) is 6.54 Å². The maximum atomic E-state index is 13.2. The molecule has 1 N–H and O–H groups in total. The number of hydrogen-bond acceptors (Lipinski definition) is 7. The van der Waals surface area contributed by atoms with E-state index >= 15 is 0 Å². The van der Waals surface area contributed by atoms with Crippen molar-refractivity contribution >= 4 is 41.1 Å². The van der Waals surface area contributed by atoms with Crippen LogP contribution in [0.15, 0.2) is 29.6 Å². The molecule has 192 valence electrons. The molecule has 2 rings (SSSR count). The van der Waals surface area contributed by atoms with Crippen LogP contribution in [0.25, 0.3) is 0 Å². The molecule has 9 heteroatoms. The number of phenols is 1. The third-order valence-corrected chi connectivity index (χ3v) is 6.51. The Balaban J connectivity index is 0.00000174. The summed E-state index contributed by atoms with van der Waals surface area (Å²) in [5, 5.41) is 12.3. The fourth-order valence-corrected chi connectivity index (χ4v) is 4.65. The van der Waals surface area contributed by atoms with E-state index in [-0.39, 0.29) is 40.7 Å². The summed E-state index contributed by atoms with van der Waals surface area (Å²) in [5.74, 6) is 0.240. The monoisotopic (exact) mass is 523 g/mol. The van der Waals surface area contributed by atoms with Gasteiger partial charge in [-0.1, -0.05) is 66.1 Å². The van der Waals surface area contributed by atoms with Gasteiger partial charge in [-0.2, -0.15) is 19.2 Å². The number of aromatic hydroxyl groups is 1. The molecule has 0 fully saturated rings. The van der Waals surface area contributed by atoms with E-state index in [1.54, 1.807) is 23.5 Å². The zero-order valence-corrected chi connectivity index (χ0v) is 22.9. The molecule has 35 heavy (non-hydrogen) atoms. The first kappa shape index (κ1) is 32.2. The second-order valence-electron chi connectivity index (χ2n) is 10.4. The molecule has 7 nitrogen and oxygen atoms in total. The van der Waals surface area contributed by atoms with E-state index in [0.717, 1.165) is 5.56 Å². The van der Waals surface area contributed by atoms with Crippen LogP contribution in [0.5, 0.6) is 5.75 Å². The molecule has 1 aromatic carbocycles. The minimum Gasteiger partial charge on any atom is -0.508 e. The highest BCUT2D eigenvalue weighted by Gasteiger charge is 2.25. The molecule has 0 aliphatic carbocycles. The van der Waals surface area contributed by atoms with Crippen molar-refractivity contribution < 1.29 is 29.1 Å². The van der Waals surface area contributed by atoms with Crippen molar-refractivity contribution in [1.82, 2.24) is 4.90 Å². The van der Waals surface area contributed by atoms with Crippen molar-refractivity contribution in [2.45, 2.75) is 72.8 Å². The predicted molar refractivity (Wildman–Crippen MR) is 134 cm³/mol. The highest BCUT2D eigenvalue weighted by molar-refractivity contribution is 7.10. The molecular weight excluding hydrogens is 490 g/mol. The predicted octanol–water partition coefficient (Wildman–Crippen LogP) is 5.81. The molecule has 2 aromatic rings. The number of carbonyl (C=O) groups is 1. The number of nitrogens with zero attached hydrogens (tertiary/aromatic N) is 1. The summed E-state index contributed by atoms with van der Waals surface area (Å²) in [4.78, 5) is 49.0. The Morgan fingerprint density at radius 2 is 1.60 bits per heavy atom.